The van der Waals surface area contributed by atoms with Crippen LogP contribution in [0.15, 0.2) is 94.5 Å². The SMILES string of the molecule is C/C(=N/Nc1cc(-c2ccccc2)nc(-c2ccc(Br)cc2)n1)c1ccc(O)cc1. The predicted octanol–water partition coefficient (Wildman–Crippen LogP) is 6.11. The number of aromatic nitrogens is 2. The molecule has 0 aliphatic heterocycles. The van der Waals surface area contributed by atoms with Gasteiger partial charge in [-0.2, -0.15) is 5.10 Å². The molecule has 3 aromatic carbocycles. The van der Waals surface area contributed by atoms with Gasteiger partial charge in [0.1, 0.15) is 5.75 Å². The maximum atomic E-state index is 9.47. The molecule has 2 N–H and O–H groups in total. The minimum Gasteiger partial charge on any atom is -0.508 e. The highest BCUT2D eigenvalue weighted by molar-refractivity contribution is 9.10. The molecule has 4 aromatic rings. The summed E-state index contributed by atoms with van der Waals surface area (Å²) in [6.07, 6.45) is 0. The first-order chi connectivity index (χ1) is 14.6. The number of anilines is 1. The van der Waals surface area contributed by atoms with Crippen LogP contribution in [0.1, 0.15) is 12.5 Å². The predicted molar refractivity (Wildman–Crippen MR) is 125 cm³/mol. The van der Waals surface area contributed by atoms with Crippen molar-refractivity contribution in [1.29, 1.82) is 0 Å². The van der Waals surface area contributed by atoms with Crippen molar-refractivity contribution in [2.24, 2.45) is 5.10 Å². The van der Waals surface area contributed by atoms with E-state index in [0.717, 1.165) is 32.6 Å². The molecule has 0 spiro atoms. The number of halogens is 1. The van der Waals surface area contributed by atoms with Gasteiger partial charge in [0.15, 0.2) is 11.6 Å². The summed E-state index contributed by atoms with van der Waals surface area (Å²) in [6.45, 7) is 1.90. The van der Waals surface area contributed by atoms with E-state index in [9.17, 15) is 5.11 Å². The van der Waals surface area contributed by atoms with Gasteiger partial charge in [-0.3, -0.25) is 5.43 Å². The largest absolute Gasteiger partial charge is 0.508 e. The van der Waals surface area contributed by atoms with Gasteiger partial charge in [0.25, 0.3) is 0 Å². The summed E-state index contributed by atoms with van der Waals surface area (Å²) in [5.41, 5.74) is 7.46. The van der Waals surface area contributed by atoms with Crippen LogP contribution in [0.4, 0.5) is 5.82 Å². The quantitative estimate of drug-likeness (QED) is 0.279. The van der Waals surface area contributed by atoms with E-state index in [1.54, 1.807) is 12.1 Å². The summed E-state index contributed by atoms with van der Waals surface area (Å²) in [6, 6.07) is 26.6. The Morgan fingerprint density at radius 1 is 0.867 bits per heavy atom. The lowest BCUT2D eigenvalue weighted by Crippen LogP contribution is -2.03. The van der Waals surface area contributed by atoms with Crippen molar-refractivity contribution < 1.29 is 5.11 Å². The Morgan fingerprint density at radius 3 is 2.27 bits per heavy atom. The van der Waals surface area contributed by atoms with E-state index in [1.165, 1.54) is 0 Å². The van der Waals surface area contributed by atoms with Crippen LogP contribution < -0.4 is 5.43 Å². The molecule has 0 aliphatic carbocycles. The van der Waals surface area contributed by atoms with Gasteiger partial charge in [0.05, 0.1) is 11.4 Å². The Bertz CT molecular complexity index is 1170. The molecule has 0 radical (unpaired) electrons. The number of hydrogen-bond acceptors (Lipinski definition) is 5. The Balaban J connectivity index is 1.71. The second-order valence-corrected chi connectivity index (χ2v) is 7.61. The van der Waals surface area contributed by atoms with E-state index in [0.29, 0.717) is 11.6 Å². The van der Waals surface area contributed by atoms with Crippen LogP contribution in [0, 0.1) is 0 Å². The first kappa shape index (κ1) is 19.8. The third-order valence-electron chi connectivity index (χ3n) is 4.52. The van der Waals surface area contributed by atoms with E-state index in [1.807, 2.05) is 79.7 Å². The molecule has 6 heteroatoms. The number of nitrogens with one attached hydrogen (secondary N) is 1. The molecule has 1 heterocycles. The van der Waals surface area contributed by atoms with Crippen LogP contribution in [-0.4, -0.2) is 20.8 Å². The summed E-state index contributed by atoms with van der Waals surface area (Å²) in [7, 11) is 0. The fourth-order valence-electron chi connectivity index (χ4n) is 2.90. The highest BCUT2D eigenvalue weighted by Crippen LogP contribution is 2.25. The lowest BCUT2D eigenvalue weighted by atomic mass is 10.1. The van der Waals surface area contributed by atoms with E-state index in [-0.39, 0.29) is 5.75 Å². The summed E-state index contributed by atoms with van der Waals surface area (Å²) < 4.78 is 0.998. The van der Waals surface area contributed by atoms with E-state index >= 15 is 0 Å². The van der Waals surface area contributed by atoms with Crippen molar-refractivity contribution in [3.05, 3.63) is 95.0 Å². The van der Waals surface area contributed by atoms with E-state index in [4.69, 9.17) is 4.98 Å². The summed E-state index contributed by atoms with van der Waals surface area (Å²) in [5.74, 6) is 1.44. The van der Waals surface area contributed by atoms with Crippen LogP contribution in [-0.2, 0) is 0 Å². The molecule has 0 unspecified atom stereocenters. The molecule has 1 aromatic heterocycles. The Labute approximate surface area is 183 Å². The normalized spacial score (nSPS) is 11.3. The van der Waals surface area contributed by atoms with Crippen LogP contribution in [0.3, 0.4) is 0 Å². The molecule has 30 heavy (non-hydrogen) atoms. The second-order valence-electron chi connectivity index (χ2n) is 6.69. The Morgan fingerprint density at radius 2 is 1.57 bits per heavy atom. The van der Waals surface area contributed by atoms with E-state index in [2.05, 4.69) is 31.4 Å². The van der Waals surface area contributed by atoms with Gasteiger partial charge in [-0.15, -0.1) is 0 Å². The van der Waals surface area contributed by atoms with Crippen molar-refractivity contribution in [1.82, 2.24) is 9.97 Å². The molecule has 0 aliphatic rings. The van der Waals surface area contributed by atoms with Gasteiger partial charge in [-0.05, 0) is 48.9 Å². The highest BCUT2D eigenvalue weighted by atomic mass is 79.9. The van der Waals surface area contributed by atoms with Crippen molar-refractivity contribution in [3.63, 3.8) is 0 Å². The molecule has 0 saturated carbocycles. The number of phenols is 1. The van der Waals surface area contributed by atoms with E-state index < -0.39 is 0 Å². The highest BCUT2D eigenvalue weighted by Gasteiger charge is 2.09. The third-order valence-corrected chi connectivity index (χ3v) is 5.05. The van der Waals surface area contributed by atoms with Crippen molar-refractivity contribution in [3.8, 4) is 28.4 Å². The summed E-state index contributed by atoms with van der Waals surface area (Å²) in [5, 5.41) is 13.9. The molecule has 0 fully saturated rings. The molecule has 4 rings (SSSR count). The van der Waals surface area contributed by atoms with Gasteiger partial charge < -0.3 is 5.11 Å². The number of aromatic hydroxyl groups is 1. The lowest BCUT2D eigenvalue weighted by Gasteiger charge is -2.09. The van der Waals surface area contributed by atoms with Crippen molar-refractivity contribution >= 4 is 27.5 Å². The first-order valence-corrected chi connectivity index (χ1v) is 10.2. The van der Waals surface area contributed by atoms with Crippen LogP contribution >= 0.6 is 15.9 Å². The van der Waals surface area contributed by atoms with Gasteiger partial charge >= 0.3 is 0 Å². The maximum absolute atomic E-state index is 9.47. The van der Waals surface area contributed by atoms with Crippen LogP contribution in [0.5, 0.6) is 5.75 Å². The molecule has 5 nitrogen and oxygen atoms in total. The van der Waals surface area contributed by atoms with Crippen molar-refractivity contribution in [2.75, 3.05) is 5.43 Å². The van der Waals surface area contributed by atoms with Gasteiger partial charge in [0.2, 0.25) is 0 Å². The minimum absolute atomic E-state index is 0.224. The standard InChI is InChI=1S/C24H19BrN4O/c1-16(17-9-13-21(30)14-10-17)28-29-23-15-22(18-5-3-2-4-6-18)26-24(27-23)19-7-11-20(25)12-8-19/h2-15,30H,1H3,(H,26,27,29)/b28-16-. The molecule has 0 atom stereocenters. The molecular formula is C24H19BrN4O. The average molecular weight is 459 g/mol. The maximum Gasteiger partial charge on any atom is 0.162 e. The molecule has 0 saturated heterocycles. The zero-order valence-electron chi connectivity index (χ0n) is 16.2. The second kappa shape index (κ2) is 8.88. The zero-order valence-corrected chi connectivity index (χ0v) is 17.8. The third kappa shape index (κ3) is 4.72. The first-order valence-electron chi connectivity index (χ1n) is 9.38. The lowest BCUT2D eigenvalue weighted by molar-refractivity contribution is 0.475. The smallest absolute Gasteiger partial charge is 0.162 e. The fraction of sp³-hybridized carbons (Fsp3) is 0.0417. The fourth-order valence-corrected chi connectivity index (χ4v) is 3.16. The number of hydrazone groups is 1. The average Bonchev–Trinajstić information content (AvgIpc) is 2.79. The molecule has 148 valence electrons. The number of phenolic OH excluding ortho intramolecular Hbond substituents is 1. The molecular weight excluding hydrogens is 440 g/mol. The Kier molecular flexibility index (Phi) is 5.86. The molecule has 0 bridgehead atoms. The summed E-state index contributed by atoms with van der Waals surface area (Å²) >= 11 is 3.46. The van der Waals surface area contributed by atoms with Crippen molar-refractivity contribution in [2.45, 2.75) is 6.92 Å². The minimum atomic E-state index is 0.224. The zero-order chi connectivity index (χ0) is 20.9. The Hall–Kier alpha value is -3.51. The van der Waals surface area contributed by atoms with Gasteiger partial charge in [-0.25, -0.2) is 9.97 Å². The number of nitrogens with zero attached hydrogens (tertiary/aromatic N) is 3. The van der Waals surface area contributed by atoms with Gasteiger partial charge in [-0.1, -0.05) is 58.4 Å². The topological polar surface area (TPSA) is 70.4 Å². The number of benzene rings is 3. The van der Waals surface area contributed by atoms with Crippen LogP contribution in [0.2, 0.25) is 0 Å². The number of hydrogen-bond donors (Lipinski definition) is 2. The summed E-state index contributed by atoms with van der Waals surface area (Å²) in [4.78, 5) is 9.41. The number of rotatable bonds is 5. The van der Waals surface area contributed by atoms with Gasteiger partial charge in [0, 0.05) is 21.7 Å². The van der Waals surface area contributed by atoms with Crippen LogP contribution in [0.25, 0.3) is 22.6 Å². The molecule has 0 amide bonds. The monoisotopic (exact) mass is 458 g/mol.